The molecule has 7 nitrogen and oxygen atoms in total. The molecule has 1 aromatic heterocycles. The SMILES string of the molecule is CCCCc1noc(C(C)N2CCN(S(C)(=O)=O)CC2)n1. The van der Waals surface area contributed by atoms with E-state index in [-0.39, 0.29) is 6.04 Å². The van der Waals surface area contributed by atoms with Crippen LogP contribution in [0, 0.1) is 0 Å². The van der Waals surface area contributed by atoms with Crippen molar-refractivity contribution < 1.29 is 12.9 Å². The average Bonchev–Trinajstić information content (AvgIpc) is 2.92. The minimum Gasteiger partial charge on any atom is -0.338 e. The van der Waals surface area contributed by atoms with Crippen LogP contribution in [0.5, 0.6) is 0 Å². The third kappa shape index (κ3) is 4.24. The molecule has 0 amide bonds. The van der Waals surface area contributed by atoms with Crippen LogP contribution in [0.3, 0.4) is 0 Å². The lowest BCUT2D eigenvalue weighted by Gasteiger charge is -2.35. The van der Waals surface area contributed by atoms with Crippen molar-refractivity contribution in [3.05, 3.63) is 11.7 Å². The molecule has 0 aliphatic carbocycles. The Balaban J connectivity index is 1.92. The number of sulfonamides is 1. The zero-order chi connectivity index (χ0) is 15.5. The zero-order valence-corrected chi connectivity index (χ0v) is 13.8. The van der Waals surface area contributed by atoms with Gasteiger partial charge in [0.2, 0.25) is 15.9 Å². The quantitative estimate of drug-likeness (QED) is 0.780. The van der Waals surface area contributed by atoms with Crippen molar-refractivity contribution in [2.45, 2.75) is 39.2 Å². The Morgan fingerprint density at radius 1 is 1.29 bits per heavy atom. The summed E-state index contributed by atoms with van der Waals surface area (Å²) in [6.07, 6.45) is 4.26. The summed E-state index contributed by atoms with van der Waals surface area (Å²) in [6.45, 7) is 6.54. The van der Waals surface area contributed by atoms with Gasteiger partial charge in [-0.05, 0) is 13.3 Å². The van der Waals surface area contributed by atoms with E-state index in [0.29, 0.717) is 32.1 Å². The van der Waals surface area contributed by atoms with Crippen LogP contribution >= 0.6 is 0 Å². The van der Waals surface area contributed by atoms with Gasteiger partial charge in [-0.3, -0.25) is 4.90 Å². The molecule has 1 saturated heterocycles. The standard InChI is InChI=1S/C13H24N4O3S/c1-4-5-6-12-14-13(20-15-12)11(2)16-7-9-17(10-8-16)21(3,18)19/h11H,4-10H2,1-3H3. The molecule has 1 fully saturated rings. The van der Waals surface area contributed by atoms with Crippen LogP contribution in [0.2, 0.25) is 0 Å². The molecule has 1 unspecified atom stereocenters. The number of nitrogens with zero attached hydrogens (tertiary/aromatic N) is 4. The summed E-state index contributed by atoms with van der Waals surface area (Å²) >= 11 is 0. The number of hydrogen-bond acceptors (Lipinski definition) is 6. The fourth-order valence-electron chi connectivity index (χ4n) is 2.45. The molecule has 2 rings (SSSR count). The fourth-order valence-corrected chi connectivity index (χ4v) is 3.28. The van der Waals surface area contributed by atoms with E-state index in [2.05, 4.69) is 22.0 Å². The molecule has 1 aromatic rings. The van der Waals surface area contributed by atoms with Crippen LogP contribution in [0.25, 0.3) is 0 Å². The molecule has 0 N–H and O–H groups in total. The summed E-state index contributed by atoms with van der Waals surface area (Å²) in [5, 5.41) is 4.00. The maximum atomic E-state index is 11.5. The molecule has 2 heterocycles. The van der Waals surface area contributed by atoms with Crippen molar-refractivity contribution in [1.29, 1.82) is 0 Å². The Bertz CT molecular complexity index is 550. The molecule has 0 aromatic carbocycles. The predicted octanol–water partition coefficient (Wildman–Crippen LogP) is 1.05. The minimum atomic E-state index is -3.09. The predicted molar refractivity (Wildman–Crippen MR) is 79.3 cm³/mol. The third-order valence-corrected chi connectivity index (χ3v) is 5.19. The maximum Gasteiger partial charge on any atom is 0.243 e. The van der Waals surface area contributed by atoms with E-state index >= 15 is 0 Å². The average molecular weight is 316 g/mol. The number of hydrogen-bond donors (Lipinski definition) is 0. The number of unbranched alkanes of at least 4 members (excludes halogenated alkanes) is 1. The number of rotatable bonds is 6. The number of aryl methyl sites for hydroxylation is 1. The van der Waals surface area contributed by atoms with Gasteiger partial charge in [0.05, 0.1) is 12.3 Å². The van der Waals surface area contributed by atoms with Gasteiger partial charge in [0, 0.05) is 32.6 Å². The lowest BCUT2D eigenvalue weighted by Crippen LogP contribution is -2.48. The van der Waals surface area contributed by atoms with Crippen LogP contribution in [-0.2, 0) is 16.4 Å². The summed E-state index contributed by atoms with van der Waals surface area (Å²) < 4.78 is 29.9. The highest BCUT2D eigenvalue weighted by atomic mass is 32.2. The van der Waals surface area contributed by atoms with Crippen LogP contribution < -0.4 is 0 Å². The fraction of sp³-hybridized carbons (Fsp3) is 0.846. The van der Waals surface area contributed by atoms with Gasteiger partial charge in [-0.25, -0.2) is 8.42 Å². The van der Waals surface area contributed by atoms with E-state index in [0.717, 1.165) is 25.1 Å². The Hall–Kier alpha value is -0.990. The van der Waals surface area contributed by atoms with Crippen molar-refractivity contribution in [3.63, 3.8) is 0 Å². The highest BCUT2D eigenvalue weighted by molar-refractivity contribution is 7.88. The van der Waals surface area contributed by atoms with Gasteiger partial charge in [0.1, 0.15) is 0 Å². The van der Waals surface area contributed by atoms with E-state index < -0.39 is 10.0 Å². The Labute approximate surface area is 126 Å². The van der Waals surface area contributed by atoms with Gasteiger partial charge in [-0.15, -0.1) is 0 Å². The summed E-state index contributed by atoms with van der Waals surface area (Å²) in [6, 6.07) is 0.0228. The smallest absolute Gasteiger partial charge is 0.243 e. The molecule has 0 spiro atoms. The second-order valence-corrected chi connectivity index (χ2v) is 7.51. The van der Waals surface area contributed by atoms with Crippen LogP contribution in [0.4, 0.5) is 0 Å². The van der Waals surface area contributed by atoms with Gasteiger partial charge in [-0.1, -0.05) is 18.5 Å². The van der Waals surface area contributed by atoms with E-state index in [1.54, 1.807) is 0 Å². The lowest BCUT2D eigenvalue weighted by atomic mass is 10.2. The van der Waals surface area contributed by atoms with Gasteiger partial charge in [0.15, 0.2) is 5.82 Å². The highest BCUT2D eigenvalue weighted by Crippen LogP contribution is 2.21. The first kappa shape index (κ1) is 16.4. The van der Waals surface area contributed by atoms with Crippen molar-refractivity contribution in [1.82, 2.24) is 19.3 Å². The number of piperazine rings is 1. The highest BCUT2D eigenvalue weighted by Gasteiger charge is 2.28. The molecule has 1 aliphatic heterocycles. The summed E-state index contributed by atoms with van der Waals surface area (Å²) in [5.74, 6) is 1.38. The minimum absolute atomic E-state index is 0.0228. The molecule has 21 heavy (non-hydrogen) atoms. The maximum absolute atomic E-state index is 11.5. The first-order chi connectivity index (χ1) is 9.91. The normalized spacial score (nSPS) is 19.8. The van der Waals surface area contributed by atoms with Crippen molar-refractivity contribution in [2.75, 3.05) is 32.4 Å². The Morgan fingerprint density at radius 3 is 2.52 bits per heavy atom. The Kier molecular flexibility index (Phi) is 5.34. The van der Waals surface area contributed by atoms with Gasteiger partial charge < -0.3 is 4.52 Å². The first-order valence-corrected chi connectivity index (χ1v) is 9.28. The van der Waals surface area contributed by atoms with Gasteiger partial charge in [-0.2, -0.15) is 9.29 Å². The van der Waals surface area contributed by atoms with E-state index in [1.807, 2.05) is 6.92 Å². The zero-order valence-electron chi connectivity index (χ0n) is 12.9. The molecule has 0 saturated carbocycles. The van der Waals surface area contributed by atoms with E-state index in [9.17, 15) is 8.42 Å². The second-order valence-electron chi connectivity index (χ2n) is 5.53. The molecule has 8 heteroatoms. The summed E-state index contributed by atoms with van der Waals surface area (Å²) in [7, 11) is -3.09. The molecular formula is C13H24N4O3S. The molecule has 120 valence electrons. The molecule has 0 bridgehead atoms. The van der Waals surface area contributed by atoms with E-state index in [4.69, 9.17) is 4.52 Å². The first-order valence-electron chi connectivity index (χ1n) is 7.43. The van der Waals surface area contributed by atoms with Gasteiger partial charge in [0.25, 0.3) is 0 Å². The van der Waals surface area contributed by atoms with E-state index in [1.165, 1.54) is 10.6 Å². The third-order valence-electron chi connectivity index (χ3n) is 3.89. The van der Waals surface area contributed by atoms with Crippen molar-refractivity contribution in [2.24, 2.45) is 0 Å². The van der Waals surface area contributed by atoms with Crippen molar-refractivity contribution >= 4 is 10.0 Å². The molecular weight excluding hydrogens is 292 g/mol. The molecule has 1 atom stereocenters. The van der Waals surface area contributed by atoms with Gasteiger partial charge >= 0.3 is 0 Å². The molecule has 0 radical (unpaired) electrons. The largest absolute Gasteiger partial charge is 0.338 e. The lowest BCUT2D eigenvalue weighted by molar-refractivity contribution is 0.124. The topological polar surface area (TPSA) is 79.5 Å². The monoisotopic (exact) mass is 316 g/mol. The van der Waals surface area contributed by atoms with Crippen molar-refractivity contribution in [3.8, 4) is 0 Å². The number of aromatic nitrogens is 2. The van der Waals surface area contributed by atoms with Crippen LogP contribution in [0.15, 0.2) is 4.52 Å². The van der Waals surface area contributed by atoms with Crippen LogP contribution in [0.1, 0.15) is 44.4 Å². The second kappa shape index (κ2) is 6.85. The summed E-state index contributed by atoms with van der Waals surface area (Å²) in [4.78, 5) is 6.62. The molecule has 1 aliphatic rings. The van der Waals surface area contributed by atoms with Crippen LogP contribution in [-0.4, -0.2) is 60.2 Å². The Morgan fingerprint density at radius 2 is 1.95 bits per heavy atom. The summed E-state index contributed by atoms with van der Waals surface area (Å²) in [5.41, 5.74) is 0.